The van der Waals surface area contributed by atoms with Gasteiger partial charge in [0.2, 0.25) is 5.91 Å². The Hall–Kier alpha value is -2.24. The number of urea groups is 1. The summed E-state index contributed by atoms with van der Waals surface area (Å²) in [6.07, 6.45) is 2.50. The van der Waals surface area contributed by atoms with Gasteiger partial charge in [-0.15, -0.1) is 0 Å². The van der Waals surface area contributed by atoms with E-state index in [1.54, 1.807) is 28.8 Å². The average molecular weight is 376 g/mol. The summed E-state index contributed by atoms with van der Waals surface area (Å²) in [6.45, 7) is 6.59. The Bertz CT molecular complexity index is 660. The number of hydrogen-bond donors (Lipinski definition) is 0. The second-order valence-corrected chi connectivity index (χ2v) is 7.69. The van der Waals surface area contributed by atoms with Crippen LogP contribution in [-0.2, 0) is 4.79 Å². The molecule has 1 aromatic carbocycles. The Balaban J connectivity index is 1.77. The van der Waals surface area contributed by atoms with Crippen molar-refractivity contribution in [1.82, 2.24) is 14.7 Å². The molecule has 0 bridgehead atoms. The van der Waals surface area contributed by atoms with E-state index in [1.165, 1.54) is 5.56 Å². The number of carbonyl (C=O) groups is 2. The van der Waals surface area contributed by atoms with Crippen LogP contribution in [0.2, 0.25) is 0 Å². The topological polar surface area (TPSA) is 53.1 Å². The number of aryl methyl sites for hydroxylation is 2. The fourth-order valence-corrected chi connectivity index (χ4v) is 3.50. The van der Waals surface area contributed by atoms with Gasteiger partial charge in [0.1, 0.15) is 5.75 Å². The minimum atomic E-state index is -0.104. The molecule has 0 saturated carbocycles. The first-order valence-corrected chi connectivity index (χ1v) is 9.71. The van der Waals surface area contributed by atoms with Crippen molar-refractivity contribution in [2.75, 3.05) is 47.4 Å². The van der Waals surface area contributed by atoms with Crippen LogP contribution in [0.3, 0.4) is 0 Å². The van der Waals surface area contributed by atoms with Crippen LogP contribution in [0.5, 0.6) is 5.75 Å². The van der Waals surface area contributed by atoms with Crippen LogP contribution in [0.1, 0.15) is 30.4 Å². The monoisotopic (exact) mass is 375 g/mol. The fraction of sp³-hybridized carbons (Fsp3) is 0.619. The number of benzene rings is 1. The summed E-state index contributed by atoms with van der Waals surface area (Å²) in [5.41, 5.74) is 2.35. The molecular formula is C21H33N3O3. The van der Waals surface area contributed by atoms with Crippen molar-refractivity contribution in [3.05, 3.63) is 29.3 Å². The molecule has 1 fully saturated rings. The Kier molecular flexibility index (Phi) is 7.51. The van der Waals surface area contributed by atoms with Gasteiger partial charge in [0.05, 0.1) is 12.5 Å². The maximum atomic E-state index is 12.7. The number of rotatable bonds is 6. The van der Waals surface area contributed by atoms with E-state index in [9.17, 15) is 9.59 Å². The molecule has 1 atom stereocenters. The zero-order valence-corrected chi connectivity index (χ0v) is 17.3. The maximum absolute atomic E-state index is 12.7. The van der Waals surface area contributed by atoms with Crippen LogP contribution in [0, 0.1) is 19.8 Å². The molecule has 2 rings (SSSR count). The third-order valence-electron chi connectivity index (χ3n) is 5.03. The van der Waals surface area contributed by atoms with Gasteiger partial charge in [-0.3, -0.25) is 4.79 Å². The molecule has 1 heterocycles. The van der Waals surface area contributed by atoms with Gasteiger partial charge in [0, 0.05) is 40.8 Å². The van der Waals surface area contributed by atoms with Crippen molar-refractivity contribution in [3.8, 4) is 5.75 Å². The summed E-state index contributed by atoms with van der Waals surface area (Å²) in [4.78, 5) is 30.0. The lowest BCUT2D eigenvalue weighted by atomic mass is 9.97. The van der Waals surface area contributed by atoms with Crippen molar-refractivity contribution < 1.29 is 14.3 Å². The highest BCUT2D eigenvalue weighted by atomic mass is 16.5. The molecule has 0 radical (unpaired) electrons. The number of ether oxygens (including phenoxy) is 1. The number of likely N-dealkylation sites (tertiary alicyclic amines) is 1. The molecule has 0 aliphatic carbocycles. The first-order chi connectivity index (χ1) is 12.8. The van der Waals surface area contributed by atoms with E-state index in [0.29, 0.717) is 19.7 Å². The van der Waals surface area contributed by atoms with E-state index in [-0.39, 0.29) is 17.9 Å². The number of amides is 3. The van der Waals surface area contributed by atoms with Crippen molar-refractivity contribution in [1.29, 1.82) is 0 Å². The lowest BCUT2D eigenvalue weighted by molar-refractivity contribution is -0.135. The highest BCUT2D eigenvalue weighted by Gasteiger charge is 2.30. The fourth-order valence-electron chi connectivity index (χ4n) is 3.50. The molecule has 0 spiro atoms. The smallest absolute Gasteiger partial charge is 0.319 e. The van der Waals surface area contributed by atoms with E-state index in [4.69, 9.17) is 4.74 Å². The van der Waals surface area contributed by atoms with Gasteiger partial charge in [0.25, 0.3) is 0 Å². The van der Waals surface area contributed by atoms with Gasteiger partial charge in [-0.05, 0) is 44.7 Å². The minimum absolute atomic E-state index is 0.0166. The third-order valence-corrected chi connectivity index (χ3v) is 5.03. The third kappa shape index (κ3) is 5.88. The first-order valence-electron chi connectivity index (χ1n) is 9.71. The molecule has 1 saturated heterocycles. The van der Waals surface area contributed by atoms with Crippen LogP contribution in [0.4, 0.5) is 4.79 Å². The number of nitrogens with zero attached hydrogens (tertiary/aromatic N) is 3. The molecule has 0 unspecified atom stereocenters. The van der Waals surface area contributed by atoms with E-state index >= 15 is 0 Å². The number of carbonyl (C=O) groups excluding carboxylic acids is 2. The molecular weight excluding hydrogens is 342 g/mol. The van der Waals surface area contributed by atoms with Crippen molar-refractivity contribution in [3.63, 3.8) is 0 Å². The normalized spacial score (nSPS) is 16.8. The van der Waals surface area contributed by atoms with E-state index in [1.807, 2.05) is 26.1 Å². The quantitative estimate of drug-likeness (QED) is 0.719. The molecule has 1 aliphatic heterocycles. The summed E-state index contributed by atoms with van der Waals surface area (Å²) in [6, 6.07) is 6.13. The molecule has 150 valence electrons. The molecule has 0 N–H and O–H groups in total. The van der Waals surface area contributed by atoms with E-state index < -0.39 is 0 Å². The van der Waals surface area contributed by atoms with E-state index in [2.05, 4.69) is 13.0 Å². The summed E-state index contributed by atoms with van der Waals surface area (Å²) in [5, 5.41) is 0. The van der Waals surface area contributed by atoms with Crippen LogP contribution in [0.25, 0.3) is 0 Å². The largest absolute Gasteiger partial charge is 0.493 e. The SMILES string of the molecule is Cc1ccc(OCCCN(C)C(=O)[C@H]2CCCN(C(=O)N(C)C)C2)c(C)c1. The van der Waals surface area contributed by atoms with E-state index in [0.717, 1.165) is 37.1 Å². The molecule has 27 heavy (non-hydrogen) atoms. The Morgan fingerprint density at radius 2 is 1.96 bits per heavy atom. The van der Waals surface area contributed by atoms with Crippen molar-refractivity contribution >= 4 is 11.9 Å². The van der Waals surface area contributed by atoms with Gasteiger partial charge in [0.15, 0.2) is 0 Å². The van der Waals surface area contributed by atoms with Gasteiger partial charge >= 0.3 is 6.03 Å². The Morgan fingerprint density at radius 3 is 2.63 bits per heavy atom. The first kappa shape index (κ1) is 21.1. The highest BCUT2D eigenvalue weighted by Crippen LogP contribution is 2.20. The van der Waals surface area contributed by atoms with Crippen LogP contribution in [-0.4, -0.2) is 74.0 Å². The molecule has 1 aromatic rings. The average Bonchev–Trinajstić information content (AvgIpc) is 2.65. The summed E-state index contributed by atoms with van der Waals surface area (Å²) >= 11 is 0. The van der Waals surface area contributed by atoms with Gasteiger partial charge < -0.3 is 19.4 Å². The predicted molar refractivity (Wildman–Crippen MR) is 107 cm³/mol. The highest BCUT2D eigenvalue weighted by molar-refractivity contribution is 5.80. The summed E-state index contributed by atoms with van der Waals surface area (Å²) < 4.78 is 5.85. The predicted octanol–water partition coefficient (Wildman–Crippen LogP) is 2.92. The molecule has 1 aliphatic rings. The summed E-state index contributed by atoms with van der Waals surface area (Å²) in [7, 11) is 5.33. The Labute approximate surface area is 163 Å². The zero-order chi connectivity index (χ0) is 20.0. The molecule has 0 aromatic heterocycles. The van der Waals surface area contributed by atoms with Gasteiger partial charge in [-0.25, -0.2) is 4.79 Å². The molecule has 6 heteroatoms. The molecule has 3 amide bonds. The lowest BCUT2D eigenvalue weighted by Gasteiger charge is -2.35. The maximum Gasteiger partial charge on any atom is 0.319 e. The number of piperidine rings is 1. The van der Waals surface area contributed by atoms with Crippen molar-refractivity contribution in [2.45, 2.75) is 33.1 Å². The Morgan fingerprint density at radius 1 is 1.22 bits per heavy atom. The van der Waals surface area contributed by atoms with Crippen LogP contribution < -0.4 is 4.74 Å². The summed E-state index contributed by atoms with van der Waals surface area (Å²) in [5.74, 6) is 0.922. The number of hydrogen-bond acceptors (Lipinski definition) is 3. The zero-order valence-electron chi connectivity index (χ0n) is 17.3. The van der Waals surface area contributed by atoms with Crippen LogP contribution >= 0.6 is 0 Å². The van der Waals surface area contributed by atoms with Crippen LogP contribution in [0.15, 0.2) is 18.2 Å². The lowest BCUT2D eigenvalue weighted by Crippen LogP contribution is -2.48. The second-order valence-electron chi connectivity index (χ2n) is 7.69. The van der Waals surface area contributed by atoms with Gasteiger partial charge in [-0.1, -0.05) is 17.7 Å². The minimum Gasteiger partial charge on any atom is -0.493 e. The van der Waals surface area contributed by atoms with Gasteiger partial charge in [-0.2, -0.15) is 0 Å². The second kappa shape index (κ2) is 9.62. The standard InChI is InChI=1S/C21H33N3O3/c1-16-9-10-19(17(2)14-16)27-13-7-11-23(5)20(25)18-8-6-12-24(15-18)21(26)22(3)4/h9-10,14,18H,6-8,11-13,15H2,1-5H3/t18-/m0/s1. The molecule has 6 nitrogen and oxygen atoms in total. The van der Waals surface area contributed by atoms with Crippen molar-refractivity contribution in [2.24, 2.45) is 5.92 Å².